The van der Waals surface area contributed by atoms with E-state index in [0.29, 0.717) is 37.8 Å². The van der Waals surface area contributed by atoms with Crippen LogP contribution in [0.15, 0.2) is 24.3 Å². The van der Waals surface area contributed by atoms with Gasteiger partial charge in [-0.2, -0.15) is 0 Å². The fourth-order valence-corrected chi connectivity index (χ4v) is 4.29. The molecule has 1 aliphatic heterocycles. The Morgan fingerprint density at radius 1 is 1.04 bits per heavy atom. The van der Waals surface area contributed by atoms with Crippen molar-refractivity contribution in [2.75, 3.05) is 18.4 Å². The van der Waals surface area contributed by atoms with Crippen LogP contribution in [0.4, 0.5) is 10.5 Å². The second kappa shape index (κ2) is 8.87. The minimum absolute atomic E-state index is 0.0842. The highest BCUT2D eigenvalue weighted by atomic mass is 16.3. The van der Waals surface area contributed by atoms with Crippen LogP contribution in [0.25, 0.3) is 0 Å². The van der Waals surface area contributed by atoms with Crippen molar-refractivity contribution in [3.05, 3.63) is 29.8 Å². The van der Waals surface area contributed by atoms with Crippen LogP contribution in [0.3, 0.4) is 0 Å². The number of fused-ring (bicyclic) bond motifs is 1. The van der Waals surface area contributed by atoms with Crippen molar-refractivity contribution in [3.63, 3.8) is 0 Å². The van der Waals surface area contributed by atoms with Gasteiger partial charge in [-0.05, 0) is 55.2 Å². The van der Waals surface area contributed by atoms with Gasteiger partial charge in [0, 0.05) is 18.8 Å². The summed E-state index contributed by atoms with van der Waals surface area (Å²) in [4.78, 5) is 14.4. The molecule has 0 spiro atoms. The van der Waals surface area contributed by atoms with Crippen LogP contribution < -0.4 is 5.32 Å². The molecule has 144 valence electrons. The first kappa shape index (κ1) is 19.2. The number of hydrogen-bond donors (Lipinski definition) is 3. The summed E-state index contributed by atoms with van der Waals surface area (Å²) in [6, 6.07) is 8.06. The molecule has 0 radical (unpaired) electrons. The van der Waals surface area contributed by atoms with Gasteiger partial charge in [-0.25, -0.2) is 4.79 Å². The van der Waals surface area contributed by atoms with Gasteiger partial charge in [-0.1, -0.05) is 38.3 Å². The molecule has 1 saturated heterocycles. The van der Waals surface area contributed by atoms with Crippen LogP contribution in [0.5, 0.6) is 0 Å². The van der Waals surface area contributed by atoms with Gasteiger partial charge in [0.2, 0.25) is 0 Å². The predicted molar refractivity (Wildman–Crippen MR) is 103 cm³/mol. The molecule has 0 aromatic heterocycles. The smallest absolute Gasteiger partial charge is 0.321 e. The molecule has 0 bridgehead atoms. The Bertz CT molecular complexity index is 571. The summed E-state index contributed by atoms with van der Waals surface area (Å²) >= 11 is 0. The number of benzene rings is 1. The van der Waals surface area contributed by atoms with E-state index >= 15 is 0 Å². The van der Waals surface area contributed by atoms with Gasteiger partial charge in [0.1, 0.15) is 0 Å². The van der Waals surface area contributed by atoms with E-state index in [1.165, 1.54) is 31.2 Å². The molecule has 5 nitrogen and oxygen atoms in total. The van der Waals surface area contributed by atoms with E-state index in [1.807, 2.05) is 17.0 Å². The number of urea groups is 1. The lowest BCUT2D eigenvalue weighted by atomic mass is 9.79. The van der Waals surface area contributed by atoms with E-state index < -0.39 is 12.2 Å². The van der Waals surface area contributed by atoms with Gasteiger partial charge >= 0.3 is 6.03 Å². The van der Waals surface area contributed by atoms with E-state index in [2.05, 4.69) is 24.4 Å². The molecule has 5 heteroatoms. The maximum absolute atomic E-state index is 12.5. The fraction of sp³-hybridized carbons (Fsp3) is 0.667. The van der Waals surface area contributed by atoms with Gasteiger partial charge in [0.05, 0.1) is 12.2 Å². The number of nitrogens with zero attached hydrogens (tertiary/aromatic N) is 1. The molecule has 3 N–H and O–H groups in total. The van der Waals surface area contributed by atoms with Crippen LogP contribution in [0.2, 0.25) is 0 Å². The zero-order chi connectivity index (χ0) is 18.5. The van der Waals surface area contributed by atoms with Gasteiger partial charge in [0.25, 0.3) is 0 Å². The summed E-state index contributed by atoms with van der Waals surface area (Å²) in [5.74, 6) is 0.592. The molecule has 2 amide bonds. The maximum atomic E-state index is 12.5. The first-order valence-corrected chi connectivity index (χ1v) is 10.1. The third kappa shape index (κ3) is 4.77. The van der Waals surface area contributed by atoms with Gasteiger partial charge < -0.3 is 20.4 Å². The van der Waals surface area contributed by atoms with E-state index in [0.717, 1.165) is 12.1 Å². The van der Waals surface area contributed by atoms with Crippen molar-refractivity contribution >= 4 is 11.7 Å². The molecule has 3 rings (SSSR count). The van der Waals surface area contributed by atoms with Crippen LogP contribution >= 0.6 is 0 Å². The number of hydrogen-bond acceptors (Lipinski definition) is 3. The van der Waals surface area contributed by atoms with Gasteiger partial charge in [-0.3, -0.25) is 0 Å². The molecule has 26 heavy (non-hydrogen) atoms. The standard InChI is InChI=1S/C21H32N2O3/c1-2-3-4-5-6-15-7-9-18(10-8-15)22-21(26)23-13-16-11-19(24)20(25)12-17(16)14-23/h7-10,16-17,19-20,24-25H,2-6,11-14H2,1H3,(H,22,26)/t16-,17+,19+,20-. The monoisotopic (exact) mass is 360 g/mol. The van der Waals surface area contributed by atoms with E-state index in [1.54, 1.807) is 0 Å². The van der Waals surface area contributed by atoms with Crippen molar-refractivity contribution in [1.82, 2.24) is 4.90 Å². The summed E-state index contributed by atoms with van der Waals surface area (Å²) in [6.45, 7) is 3.54. The van der Waals surface area contributed by atoms with Crippen molar-refractivity contribution in [3.8, 4) is 0 Å². The molecular formula is C21H32N2O3. The number of aliphatic hydroxyl groups is 2. The molecule has 1 heterocycles. The number of unbranched alkanes of at least 4 members (excludes halogenated alkanes) is 3. The Labute approximate surface area is 156 Å². The minimum Gasteiger partial charge on any atom is -0.390 e. The number of anilines is 1. The largest absolute Gasteiger partial charge is 0.390 e. The number of rotatable bonds is 6. The molecule has 1 aromatic rings. The first-order valence-electron chi connectivity index (χ1n) is 10.1. The second-order valence-electron chi connectivity index (χ2n) is 7.97. The van der Waals surface area contributed by atoms with Crippen molar-refractivity contribution in [2.45, 2.75) is 64.1 Å². The van der Waals surface area contributed by atoms with Crippen molar-refractivity contribution in [1.29, 1.82) is 0 Å². The van der Waals surface area contributed by atoms with Crippen LogP contribution in [-0.2, 0) is 6.42 Å². The Kier molecular flexibility index (Phi) is 6.54. The number of aliphatic hydroxyl groups excluding tert-OH is 2. The molecule has 1 aromatic carbocycles. The summed E-state index contributed by atoms with van der Waals surface area (Å²) in [7, 11) is 0. The van der Waals surface area contributed by atoms with Crippen LogP contribution in [0.1, 0.15) is 51.0 Å². The Hall–Kier alpha value is -1.59. The zero-order valence-electron chi connectivity index (χ0n) is 15.7. The number of carbonyl (C=O) groups is 1. The third-order valence-corrected chi connectivity index (χ3v) is 5.92. The molecule has 4 atom stereocenters. The average molecular weight is 360 g/mol. The van der Waals surface area contributed by atoms with Crippen LogP contribution in [0, 0.1) is 11.8 Å². The van der Waals surface area contributed by atoms with E-state index in [-0.39, 0.29) is 6.03 Å². The number of carbonyl (C=O) groups excluding carboxylic acids is 1. The predicted octanol–water partition coefficient (Wildman–Crippen LogP) is 3.40. The summed E-state index contributed by atoms with van der Waals surface area (Å²) in [6.07, 6.45) is 6.00. The number of likely N-dealkylation sites (tertiary alicyclic amines) is 1. The number of aryl methyl sites for hydroxylation is 1. The third-order valence-electron chi connectivity index (χ3n) is 5.92. The average Bonchev–Trinajstić information content (AvgIpc) is 3.03. The Morgan fingerprint density at radius 3 is 2.23 bits per heavy atom. The topological polar surface area (TPSA) is 72.8 Å². The van der Waals surface area contributed by atoms with E-state index in [9.17, 15) is 15.0 Å². The summed E-state index contributed by atoms with van der Waals surface area (Å²) in [5.41, 5.74) is 2.14. The highest BCUT2D eigenvalue weighted by molar-refractivity contribution is 5.89. The molecule has 2 fully saturated rings. The molecule has 1 aliphatic carbocycles. The molecule has 1 saturated carbocycles. The number of amides is 2. The Balaban J connectivity index is 1.48. The van der Waals surface area contributed by atoms with Crippen molar-refractivity contribution in [2.24, 2.45) is 11.8 Å². The molecule has 0 unspecified atom stereocenters. The quantitative estimate of drug-likeness (QED) is 0.681. The maximum Gasteiger partial charge on any atom is 0.321 e. The van der Waals surface area contributed by atoms with Crippen molar-refractivity contribution < 1.29 is 15.0 Å². The second-order valence-corrected chi connectivity index (χ2v) is 7.97. The normalized spacial score (nSPS) is 28.0. The molecule has 2 aliphatic rings. The lowest BCUT2D eigenvalue weighted by molar-refractivity contribution is -0.0372. The molecular weight excluding hydrogens is 328 g/mol. The lowest BCUT2D eigenvalue weighted by Gasteiger charge is -2.31. The highest BCUT2D eigenvalue weighted by Gasteiger charge is 2.42. The SMILES string of the molecule is CCCCCCc1ccc(NC(=O)N2C[C@H]3C[C@H](O)[C@H](O)C[C@H]3C2)cc1. The first-order chi connectivity index (χ1) is 12.6. The summed E-state index contributed by atoms with van der Waals surface area (Å²) < 4.78 is 0. The zero-order valence-corrected chi connectivity index (χ0v) is 15.7. The van der Waals surface area contributed by atoms with Gasteiger partial charge in [-0.15, -0.1) is 0 Å². The van der Waals surface area contributed by atoms with Crippen LogP contribution in [-0.4, -0.2) is 46.4 Å². The lowest BCUT2D eigenvalue weighted by Crippen LogP contribution is -2.38. The van der Waals surface area contributed by atoms with Gasteiger partial charge in [0.15, 0.2) is 0 Å². The fourth-order valence-electron chi connectivity index (χ4n) is 4.29. The minimum atomic E-state index is -0.649. The highest BCUT2D eigenvalue weighted by Crippen LogP contribution is 2.36. The summed E-state index contributed by atoms with van der Waals surface area (Å²) in [5, 5.41) is 22.6. The Morgan fingerprint density at radius 2 is 1.65 bits per heavy atom. The van der Waals surface area contributed by atoms with E-state index in [4.69, 9.17) is 0 Å². The number of nitrogens with one attached hydrogen (secondary N) is 1.